The number of β-amino-alcohol motifs (C(OH)–C–C–N with tert-alkyl or cyclic N) is 1. The summed E-state index contributed by atoms with van der Waals surface area (Å²) in [7, 11) is 0. The highest BCUT2D eigenvalue weighted by Gasteiger charge is 2.40. The van der Waals surface area contributed by atoms with Gasteiger partial charge in [-0.05, 0) is 61.2 Å². The Morgan fingerprint density at radius 3 is 2.54 bits per heavy atom. The molecule has 1 fully saturated rings. The van der Waals surface area contributed by atoms with Crippen molar-refractivity contribution in [1.82, 2.24) is 9.88 Å². The monoisotopic (exact) mass is 372 g/mol. The first-order valence-electron chi connectivity index (χ1n) is 9.57. The maximum atomic E-state index is 13.0. The Kier molecular flexibility index (Phi) is 4.73. The van der Waals surface area contributed by atoms with Gasteiger partial charge < -0.3 is 10.0 Å². The molecule has 4 rings (SSSR count). The second-order valence-corrected chi connectivity index (χ2v) is 7.62. The van der Waals surface area contributed by atoms with Crippen LogP contribution in [0.2, 0.25) is 0 Å². The molecule has 3 aromatic rings. The molecule has 0 saturated carbocycles. The fourth-order valence-corrected chi connectivity index (χ4v) is 3.94. The number of carbonyl (C=O) groups excluding carboxylic acids is 1. The number of nitrogens with zero attached hydrogens (tertiary/aromatic N) is 2. The largest absolute Gasteiger partial charge is 0.383 e. The van der Waals surface area contributed by atoms with E-state index in [4.69, 9.17) is 0 Å². The third-order valence-electron chi connectivity index (χ3n) is 5.52. The molecule has 28 heavy (non-hydrogen) atoms. The maximum Gasteiger partial charge on any atom is 0.253 e. The third kappa shape index (κ3) is 3.43. The molecule has 1 saturated heterocycles. The molecule has 4 heteroatoms. The van der Waals surface area contributed by atoms with E-state index in [-0.39, 0.29) is 5.91 Å². The van der Waals surface area contributed by atoms with Crippen molar-refractivity contribution in [2.75, 3.05) is 13.1 Å². The van der Waals surface area contributed by atoms with Crippen molar-refractivity contribution in [1.29, 1.82) is 0 Å². The average Bonchev–Trinajstić information content (AvgIpc) is 3.11. The molecule has 1 N–H and O–H groups in total. The van der Waals surface area contributed by atoms with Crippen molar-refractivity contribution in [2.45, 2.75) is 25.9 Å². The summed E-state index contributed by atoms with van der Waals surface area (Å²) in [5.41, 5.74) is 4.64. The zero-order valence-electron chi connectivity index (χ0n) is 16.2. The second-order valence-electron chi connectivity index (χ2n) is 7.62. The van der Waals surface area contributed by atoms with Gasteiger partial charge in [-0.2, -0.15) is 0 Å². The van der Waals surface area contributed by atoms with Crippen molar-refractivity contribution in [3.8, 4) is 11.3 Å². The van der Waals surface area contributed by atoms with Crippen LogP contribution in [-0.2, 0) is 5.60 Å². The van der Waals surface area contributed by atoms with E-state index in [0.717, 1.165) is 27.9 Å². The predicted molar refractivity (Wildman–Crippen MR) is 110 cm³/mol. The minimum atomic E-state index is -0.980. The lowest BCUT2D eigenvalue weighted by Crippen LogP contribution is -2.34. The van der Waals surface area contributed by atoms with E-state index in [1.165, 1.54) is 0 Å². The predicted octanol–water partition coefficient (Wildman–Crippen LogP) is 4.10. The van der Waals surface area contributed by atoms with Gasteiger partial charge in [0.25, 0.3) is 5.91 Å². The van der Waals surface area contributed by atoms with Gasteiger partial charge in [-0.25, -0.2) is 0 Å². The number of likely N-dealkylation sites (tertiary alicyclic amines) is 1. The van der Waals surface area contributed by atoms with Crippen LogP contribution in [0.3, 0.4) is 0 Å². The Labute approximate surface area is 165 Å². The van der Waals surface area contributed by atoms with Gasteiger partial charge in [0.15, 0.2) is 0 Å². The first kappa shape index (κ1) is 18.4. The molecule has 1 amide bonds. The molecular weight excluding hydrogens is 348 g/mol. The van der Waals surface area contributed by atoms with Gasteiger partial charge in [-0.15, -0.1) is 0 Å². The summed E-state index contributed by atoms with van der Waals surface area (Å²) >= 11 is 0. The Bertz CT molecular complexity index is 1010. The maximum absolute atomic E-state index is 13.0. The molecule has 1 aliphatic rings. The Hall–Kier alpha value is -2.98. The molecule has 1 aliphatic heterocycles. The lowest BCUT2D eigenvalue weighted by Gasteiger charge is -2.25. The molecule has 2 heterocycles. The van der Waals surface area contributed by atoms with Gasteiger partial charge >= 0.3 is 0 Å². The van der Waals surface area contributed by atoms with Crippen LogP contribution >= 0.6 is 0 Å². The standard InChI is InChI=1S/C24H24N2O2/c1-17-11-13-25-22(15-17)19-7-9-20(10-8-19)23(27)26-14-12-24(28,16-26)21-6-4-3-5-18(21)2/h3-11,13,15,28H,12,14,16H2,1-2H3. The molecular formula is C24H24N2O2. The fraction of sp³-hybridized carbons (Fsp3) is 0.250. The summed E-state index contributed by atoms with van der Waals surface area (Å²) in [6.07, 6.45) is 2.34. The molecule has 0 bridgehead atoms. The van der Waals surface area contributed by atoms with E-state index >= 15 is 0 Å². The quantitative estimate of drug-likeness (QED) is 0.753. The molecule has 4 nitrogen and oxygen atoms in total. The van der Waals surface area contributed by atoms with Crippen molar-refractivity contribution in [3.05, 3.63) is 89.1 Å². The number of rotatable bonds is 3. The van der Waals surface area contributed by atoms with Gasteiger partial charge in [-0.3, -0.25) is 9.78 Å². The Morgan fingerprint density at radius 2 is 1.82 bits per heavy atom. The van der Waals surface area contributed by atoms with E-state index in [1.54, 1.807) is 11.1 Å². The first-order chi connectivity index (χ1) is 13.5. The molecule has 1 unspecified atom stereocenters. The minimum Gasteiger partial charge on any atom is -0.383 e. The van der Waals surface area contributed by atoms with E-state index in [9.17, 15) is 9.90 Å². The van der Waals surface area contributed by atoms with E-state index in [0.29, 0.717) is 25.1 Å². The molecule has 1 atom stereocenters. The van der Waals surface area contributed by atoms with Crippen LogP contribution in [0.5, 0.6) is 0 Å². The summed E-state index contributed by atoms with van der Waals surface area (Å²) < 4.78 is 0. The lowest BCUT2D eigenvalue weighted by atomic mass is 9.89. The highest BCUT2D eigenvalue weighted by Crippen LogP contribution is 2.34. The molecule has 0 radical (unpaired) electrons. The number of hydrogen-bond acceptors (Lipinski definition) is 3. The van der Waals surface area contributed by atoms with Gasteiger partial charge in [0, 0.05) is 23.9 Å². The van der Waals surface area contributed by atoms with Gasteiger partial charge in [0.05, 0.1) is 12.2 Å². The van der Waals surface area contributed by atoms with E-state index in [1.807, 2.05) is 74.5 Å². The zero-order chi connectivity index (χ0) is 19.7. The molecule has 1 aromatic heterocycles. The summed E-state index contributed by atoms with van der Waals surface area (Å²) in [4.78, 5) is 19.1. The third-order valence-corrected chi connectivity index (χ3v) is 5.52. The number of amides is 1. The van der Waals surface area contributed by atoms with Crippen LogP contribution in [0.15, 0.2) is 66.9 Å². The van der Waals surface area contributed by atoms with E-state index < -0.39 is 5.60 Å². The Morgan fingerprint density at radius 1 is 1.07 bits per heavy atom. The topological polar surface area (TPSA) is 53.4 Å². The van der Waals surface area contributed by atoms with Crippen LogP contribution in [0, 0.1) is 13.8 Å². The number of benzene rings is 2. The summed E-state index contributed by atoms with van der Waals surface area (Å²) in [5, 5.41) is 11.1. The Balaban J connectivity index is 1.52. The number of aliphatic hydroxyl groups is 1. The number of hydrogen-bond donors (Lipinski definition) is 1. The number of pyridine rings is 1. The average molecular weight is 372 g/mol. The van der Waals surface area contributed by atoms with Crippen molar-refractivity contribution in [2.24, 2.45) is 0 Å². The van der Waals surface area contributed by atoms with Gasteiger partial charge in [0.2, 0.25) is 0 Å². The molecule has 0 spiro atoms. The van der Waals surface area contributed by atoms with Crippen molar-refractivity contribution in [3.63, 3.8) is 0 Å². The minimum absolute atomic E-state index is 0.0479. The second kappa shape index (κ2) is 7.21. The van der Waals surface area contributed by atoms with Gasteiger partial charge in [0.1, 0.15) is 5.60 Å². The SMILES string of the molecule is Cc1ccnc(-c2ccc(C(=O)N3CCC(O)(c4ccccc4C)C3)cc2)c1. The van der Waals surface area contributed by atoms with Crippen LogP contribution in [0.4, 0.5) is 0 Å². The summed E-state index contributed by atoms with van der Waals surface area (Å²) in [5.74, 6) is -0.0479. The summed E-state index contributed by atoms with van der Waals surface area (Å²) in [6.45, 7) is 4.89. The van der Waals surface area contributed by atoms with Crippen LogP contribution in [0.1, 0.15) is 33.5 Å². The molecule has 142 valence electrons. The number of carbonyl (C=O) groups is 1. The van der Waals surface area contributed by atoms with Crippen LogP contribution in [0.25, 0.3) is 11.3 Å². The van der Waals surface area contributed by atoms with Crippen molar-refractivity contribution < 1.29 is 9.90 Å². The summed E-state index contributed by atoms with van der Waals surface area (Å²) in [6, 6.07) is 19.4. The highest BCUT2D eigenvalue weighted by atomic mass is 16.3. The first-order valence-corrected chi connectivity index (χ1v) is 9.57. The number of aromatic nitrogens is 1. The lowest BCUT2D eigenvalue weighted by molar-refractivity contribution is 0.0412. The van der Waals surface area contributed by atoms with Crippen LogP contribution < -0.4 is 0 Å². The smallest absolute Gasteiger partial charge is 0.253 e. The fourth-order valence-electron chi connectivity index (χ4n) is 3.94. The van der Waals surface area contributed by atoms with Crippen molar-refractivity contribution >= 4 is 5.91 Å². The molecule has 0 aliphatic carbocycles. The number of aryl methyl sites for hydroxylation is 2. The van der Waals surface area contributed by atoms with Gasteiger partial charge in [-0.1, -0.05) is 36.4 Å². The normalized spacial score (nSPS) is 19.0. The zero-order valence-corrected chi connectivity index (χ0v) is 16.2. The van der Waals surface area contributed by atoms with E-state index in [2.05, 4.69) is 4.98 Å². The highest BCUT2D eigenvalue weighted by molar-refractivity contribution is 5.95. The van der Waals surface area contributed by atoms with Crippen LogP contribution in [-0.4, -0.2) is 34.0 Å². The molecule has 2 aromatic carbocycles.